The van der Waals surface area contributed by atoms with Crippen molar-refractivity contribution in [2.45, 2.75) is 13.8 Å². The number of carbonyl (C=O) groups is 1. The van der Waals surface area contributed by atoms with Gasteiger partial charge < -0.3 is 9.47 Å². The van der Waals surface area contributed by atoms with E-state index in [2.05, 4.69) is 0 Å². The number of carbonyl (C=O) groups excluding carboxylic acids is 1. The molecule has 0 amide bonds. The highest BCUT2D eigenvalue weighted by Gasteiger charge is 2.06. The molecule has 0 unspecified atom stereocenters. The van der Waals surface area contributed by atoms with Gasteiger partial charge in [-0.15, -0.1) is 0 Å². The number of hydrogen-bond acceptors (Lipinski definition) is 3. The summed E-state index contributed by atoms with van der Waals surface area (Å²) in [6, 6.07) is 13.3. The van der Waals surface area contributed by atoms with E-state index in [1.54, 1.807) is 0 Å². The monoisotopic (exact) mass is 270 g/mol. The molecule has 0 atom stereocenters. The molecule has 0 aliphatic carbocycles. The molecule has 3 nitrogen and oxygen atoms in total. The van der Waals surface area contributed by atoms with Crippen LogP contribution in [0.5, 0.6) is 11.5 Å². The summed E-state index contributed by atoms with van der Waals surface area (Å²) < 4.78 is 11.3. The Hall–Kier alpha value is -2.29. The Morgan fingerprint density at radius 2 is 1.55 bits per heavy atom. The van der Waals surface area contributed by atoms with Gasteiger partial charge in [-0.05, 0) is 49.2 Å². The van der Waals surface area contributed by atoms with E-state index in [9.17, 15) is 4.79 Å². The molecule has 2 aromatic carbocycles. The first kappa shape index (κ1) is 14.1. The van der Waals surface area contributed by atoms with E-state index >= 15 is 0 Å². The quantitative estimate of drug-likeness (QED) is 0.594. The van der Waals surface area contributed by atoms with E-state index in [0.717, 1.165) is 28.9 Å². The zero-order valence-electron chi connectivity index (χ0n) is 11.8. The second-order valence-corrected chi connectivity index (χ2v) is 4.61. The molecule has 0 aromatic heterocycles. The molecular weight excluding hydrogens is 252 g/mol. The van der Waals surface area contributed by atoms with Gasteiger partial charge >= 0.3 is 0 Å². The first-order chi connectivity index (χ1) is 9.70. The molecule has 0 heterocycles. The zero-order chi connectivity index (χ0) is 14.4. The summed E-state index contributed by atoms with van der Waals surface area (Å²) in [6.07, 6.45) is 0.849. The highest BCUT2D eigenvalue weighted by atomic mass is 16.5. The van der Waals surface area contributed by atoms with E-state index < -0.39 is 0 Å². The van der Waals surface area contributed by atoms with Crippen LogP contribution in [0.4, 0.5) is 0 Å². The van der Waals surface area contributed by atoms with Gasteiger partial charge in [0.2, 0.25) is 0 Å². The third-order valence-electron chi connectivity index (χ3n) is 2.96. The molecule has 0 N–H and O–H groups in total. The van der Waals surface area contributed by atoms with Gasteiger partial charge in [0, 0.05) is 5.56 Å². The van der Waals surface area contributed by atoms with Crippen LogP contribution in [0.15, 0.2) is 42.5 Å². The van der Waals surface area contributed by atoms with Gasteiger partial charge in [-0.2, -0.15) is 0 Å². The Labute approximate surface area is 119 Å². The topological polar surface area (TPSA) is 35.5 Å². The Kier molecular flexibility index (Phi) is 4.77. The van der Waals surface area contributed by atoms with Crippen LogP contribution in [0.3, 0.4) is 0 Å². The number of rotatable bonds is 6. The third-order valence-corrected chi connectivity index (χ3v) is 2.96. The van der Waals surface area contributed by atoms with Gasteiger partial charge in [-0.3, -0.25) is 4.79 Å². The van der Waals surface area contributed by atoms with Crippen LogP contribution in [-0.2, 0) is 0 Å². The zero-order valence-corrected chi connectivity index (χ0v) is 11.8. The van der Waals surface area contributed by atoms with Crippen LogP contribution < -0.4 is 9.47 Å². The normalized spacial score (nSPS) is 10.1. The second kappa shape index (κ2) is 6.75. The van der Waals surface area contributed by atoms with E-state index in [0.29, 0.717) is 18.8 Å². The van der Waals surface area contributed by atoms with Gasteiger partial charge in [0.25, 0.3) is 0 Å². The summed E-state index contributed by atoms with van der Waals surface area (Å²) in [5, 5.41) is 0. The van der Waals surface area contributed by atoms with Gasteiger partial charge in [0.1, 0.15) is 31.0 Å². The van der Waals surface area contributed by atoms with Gasteiger partial charge in [-0.1, -0.05) is 18.2 Å². The molecule has 20 heavy (non-hydrogen) atoms. The summed E-state index contributed by atoms with van der Waals surface area (Å²) in [5.41, 5.74) is 2.60. The van der Waals surface area contributed by atoms with Gasteiger partial charge in [0.15, 0.2) is 0 Å². The molecule has 0 bridgehead atoms. The Balaban J connectivity index is 1.90. The van der Waals surface area contributed by atoms with Crippen LogP contribution in [0.25, 0.3) is 0 Å². The van der Waals surface area contributed by atoms with E-state index in [1.807, 2.05) is 56.3 Å². The van der Waals surface area contributed by atoms with Crippen molar-refractivity contribution in [1.82, 2.24) is 0 Å². The number of ether oxygens (including phenoxy) is 2. The Morgan fingerprint density at radius 3 is 2.15 bits per heavy atom. The van der Waals surface area contributed by atoms with Crippen LogP contribution in [0, 0.1) is 13.8 Å². The van der Waals surface area contributed by atoms with Crippen LogP contribution >= 0.6 is 0 Å². The van der Waals surface area contributed by atoms with Crippen molar-refractivity contribution in [3.8, 4) is 11.5 Å². The minimum atomic E-state index is 0.469. The Morgan fingerprint density at radius 1 is 0.950 bits per heavy atom. The lowest BCUT2D eigenvalue weighted by Gasteiger charge is -2.13. The molecule has 0 aliphatic rings. The first-order valence-electron chi connectivity index (χ1n) is 6.58. The minimum absolute atomic E-state index is 0.469. The summed E-state index contributed by atoms with van der Waals surface area (Å²) in [4.78, 5) is 10.8. The van der Waals surface area contributed by atoms with Crippen LogP contribution in [0.2, 0.25) is 0 Å². The lowest BCUT2D eigenvalue weighted by atomic mass is 10.1. The lowest BCUT2D eigenvalue weighted by molar-refractivity contribution is 0.112. The average Bonchev–Trinajstić information content (AvgIpc) is 2.46. The Bertz CT molecular complexity index is 553. The SMILES string of the molecule is Cc1cc(C=O)cc(C)c1OCCOc1ccccc1. The molecule has 2 rings (SSSR count). The largest absolute Gasteiger partial charge is 0.490 e. The van der Waals surface area contributed by atoms with Crippen molar-refractivity contribution in [3.63, 3.8) is 0 Å². The maximum atomic E-state index is 10.8. The van der Waals surface area contributed by atoms with E-state index in [-0.39, 0.29) is 0 Å². The minimum Gasteiger partial charge on any atom is -0.490 e. The molecular formula is C17H18O3. The van der Waals surface area contributed by atoms with Crippen molar-refractivity contribution in [2.75, 3.05) is 13.2 Å². The fraction of sp³-hybridized carbons (Fsp3) is 0.235. The summed E-state index contributed by atoms with van der Waals surface area (Å²) in [5.74, 6) is 1.66. The number of aldehydes is 1. The fourth-order valence-corrected chi connectivity index (χ4v) is 2.10. The van der Waals surface area contributed by atoms with Crippen LogP contribution in [-0.4, -0.2) is 19.5 Å². The molecule has 0 saturated heterocycles. The molecule has 2 aromatic rings. The molecule has 104 valence electrons. The first-order valence-corrected chi connectivity index (χ1v) is 6.58. The molecule has 0 spiro atoms. The van der Waals surface area contributed by atoms with Crippen molar-refractivity contribution < 1.29 is 14.3 Å². The van der Waals surface area contributed by atoms with E-state index in [4.69, 9.17) is 9.47 Å². The van der Waals surface area contributed by atoms with Crippen molar-refractivity contribution in [3.05, 3.63) is 59.2 Å². The number of benzene rings is 2. The van der Waals surface area contributed by atoms with Crippen molar-refractivity contribution in [2.24, 2.45) is 0 Å². The number of para-hydroxylation sites is 1. The molecule has 0 fully saturated rings. The van der Waals surface area contributed by atoms with Crippen molar-refractivity contribution in [1.29, 1.82) is 0 Å². The smallest absolute Gasteiger partial charge is 0.150 e. The maximum Gasteiger partial charge on any atom is 0.150 e. The summed E-state index contributed by atoms with van der Waals surface area (Å²) >= 11 is 0. The predicted octanol–water partition coefficient (Wildman–Crippen LogP) is 3.57. The number of hydrogen-bond donors (Lipinski definition) is 0. The molecule has 0 radical (unpaired) electrons. The van der Waals surface area contributed by atoms with Crippen molar-refractivity contribution >= 4 is 6.29 Å². The summed E-state index contributed by atoms with van der Waals surface area (Å²) in [7, 11) is 0. The van der Waals surface area contributed by atoms with Gasteiger partial charge in [0.05, 0.1) is 0 Å². The fourth-order valence-electron chi connectivity index (χ4n) is 2.10. The summed E-state index contributed by atoms with van der Waals surface area (Å²) in [6.45, 7) is 4.83. The van der Waals surface area contributed by atoms with Gasteiger partial charge in [-0.25, -0.2) is 0 Å². The standard InChI is InChI=1S/C17H18O3/c1-13-10-15(12-18)11-14(2)17(13)20-9-8-19-16-6-4-3-5-7-16/h3-7,10-12H,8-9H2,1-2H3. The molecule has 3 heteroatoms. The highest BCUT2D eigenvalue weighted by molar-refractivity contribution is 5.76. The van der Waals surface area contributed by atoms with E-state index in [1.165, 1.54) is 0 Å². The molecule has 0 saturated carbocycles. The maximum absolute atomic E-state index is 10.8. The second-order valence-electron chi connectivity index (χ2n) is 4.61. The third kappa shape index (κ3) is 3.60. The molecule has 0 aliphatic heterocycles. The van der Waals surface area contributed by atoms with Crippen LogP contribution in [0.1, 0.15) is 21.5 Å². The average molecular weight is 270 g/mol. The predicted molar refractivity (Wildman–Crippen MR) is 78.7 cm³/mol. The highest BCUT2D eigenvalue weighted by Crippen LogP contribution is 2.24. The lowest BCUT2D eigenvalue weighted by Crippen LogP contribution is -2.10. The number of aryl methyl sites for hydroxylation is 2.